The molecule has 1 amide bonds. The van der Waals surface area contributed by atoms with Gasteiger partial charge in [0.1, 0.15) is 5.52 Å². The summed E-state index contributed by atoms with van der Waals surface area (Å²) < 4.78 is 5.81. The van der Waals surface area contributed by atoms with E-state index in [0.29, 0.717) is 23.0 Å². The number of halogens is 1. The van der Waals surface area contributed by atoms with Gasteiger partial charge in [-0.15, -0.1) is 0 Å². The first-order chi connectivity index (χ1) is 12.0. The van der Waals surface area contributed by atoms with Crippen LogP contribution in [0.15, 0.2) is 40.8 Å². The minimum Gasteiger partial charge on any atom is -0.436 e. The van der Waals surface area contributed by atoms with E-state index in [2.05, 4.69) is 15.6 Å². The molecule has 0 aliphatic heterocycles. The third-order valence-corrected chi connectivity index (χ3v) is 4.11. The second-order valence-corrected chi connectivity index (χ2v) is 6.36. The van der Waals surface area contributed by atoms with Crippen molar-refractivity contribution in [3.05, 3.63) is 47.0 Å². The van der Waals surface area contributed by atoms with Crippen LogP contribution in [0.3, 0.4) is 0 Å². The third-order valence-electron chi connectivity index (χ3n) is 3.58. The van der Waals surface area contributed by atoms with Gasteiger partial charge in [0.15, 0.2) is 10.7 Å². The zero-order chi connectivity index (χ0) is 18.0. The number of amides is 1. The summed E-state index contributed by atoms with van der Waals surface area (Å²) >= 11 is 11.3. The predicted octanol–water partition coefficient (Wildman–Crippen LogP) is 4.68. The van der Waals surface area contributed by atoms with Crippen LogP contribution in [0.25, 0.3) is 22.6 Å². The molecule has 0 saturated heterocycles. The zero-order valence-electron chi connectivity index (χ0n) is 13.7. The molecule has 0 atom stereocenters. The van der Waals surface area contributed by atoms with E-state index in [0.717, 1.165) is 22.2 Å². The smallest absolute Gasteiger partial charge is 0.227 e. The predicted molar refractivity (Wildman–Crippen MR) is 104 cm³/mol. The summed E-state index contributed by atoms with van der Waals surface area (Å²) in [5.41, 5.74) is 3.95. The molecule has 0 saturated carbocycles. The Hall–Kier alpha value is -2.44. The number of carbonyl (C=O) groups is 1. The number of fused-ring (bicyclic) bond motifs is 1. The molecule has 1 aromatic heterocycles. The normalized spacial score (nSPS) is 10.7. The summed E-state index contributed by atoms with van der Waals surface area (Å²) in [5, 5.41) is 6.17. The maximum absolute atomic E-state index is 11.4. The fourth-order valence-corrected chi connectivity index (χ4v) is 2.67. The van der Waals surface area contributed by atoms with E-state index in [-0.39, 0.29) is 11.0 Å². The highest BCUT2D eigenvalue weighted by molar-refractivity contribution is 7.80. The largest absolute Gasteiger partial charge is 0.436 e. The van der Waals surface area contributed by atoms with Crippen LogP contribution in [0, 0.1) is 6.92 Å². The van der Waals surface area contributed by atoms with Crippen molar-refractivity contribution >= 4 is 51.6 Å². The highest BCUT2D eigenvalue weighted by Gasteiger charge is 2.12. The average Bonchev–Trinajstić information content (AvgIpc) is 2.99. The lowest BCUT2D eigenvalue weighted by atomic mass is 10.2. The Bertz CT molecular complexity index is 968. The number of nitrogens with zero attached hydrogens (tertiary/aromatic N) is 1. The third kappa shape index (κ3) is 3.97. The second kappa shape index (κ2) is 7.21. The Kier molecular flexibility index (Phi) is 5.01. The van der Waals surface area contributed by atoms with Gasteiger partial charge in [-0.3, -0.25) is 4.79 Å². The summed E-state index contributed by atoms with van der Waals surface area (Å²) in [5.74, 6) is 0.322. The van der Waals surface area contributed by atoms with Gasteiger partial charge in [0.2, 0.25) is 11.8 Å². The molecule has 1 heterocycles. The molecule has 3 rings (SSSR count). The molecule has 0 radical (unpaired) electrons. The first-order valence-corrected chi connectivity index (χ1v) is 8.53. The van der Waals surface area contributed by atoms with Crippen molar-refractivity contribution in [1.29, 1.82) is 0 Å². The van der Waals surface area contributed by atoms with E-state index in [9.17, 15) is 4.79 Å². The Balaban J connectivity index is 1.89. The van der Waals surface area contributed by atoms with Gasteiger partial charge >= 0.3 is 0 Å². The van der Waals surface area contributed by atoms with E-state index in [1.54, 1.807) is 19.1 Å². The van der Waals surface area contributed by atoms with Crippen LogP contribution < -0.4 is 10.6 Å². The number of carbonyl (C=O) groups excluding carboxylic acids is 1. The summed E-state index contributed by atoms with van der Waals surface area (Å²) in [4.78, 5) is 15.9. The fraction of sp³-hybridized carbons (Fsp3) is 0.167. The number of rotatable bonds is 3. The standard InChI is InChI=1S/C18H16ClN3O2S/c1-3-16(23)22-18(25)21-13-9-11(5-6-12(13)19)17-20-14-8-10(2)4-7-15(14)24-17/h4-9H,3H2,1-2H3,(H2,21,22,23,25). The van der Waals surface area contributed by atoms with Crippen molar-refractivity contribution in [2.45, 2.75) is 20.3 Å². The van der Waals surface area contributed by atoms with Crippen molar-refractivity contribution < 1.29 is 9.21 Å². The Morgan fingerprint density at radius 1 is 1.28 bits per heavy atom. The average molecular weight is 374 g/mol. The molecule has 25 heavy (non-hydrogen) atoms. The number of aromatic nitrogens is 1. The Morgan fingerprint density at radius 3 is 2.84 bits per heavy atom. The Labute approximate surface area is 155 Å². The highest BCUT2D eigenvalue weighted by Crippen LogP contribution is 2.30. The maximum Gasteiger partial charge on any atom is 0.227 e. The topological polar surface area (TPSA) is 67.2 Å². The van der Waals surface area contributed by atoms with Gasteiger partial charge in [-0.2, -0.15) is 0 Å². The number of nitrogens with one attached hydrogen (secondary N) is 2. The van der Waals surface area contributed by atoms with Gasteiger partial charge < -0.3 is 15.1 Å². The van der Waals surface area contributed by atoms with E-state index >= 15 is 0 Å². The number of aryl methyl sites for hydroxylation is 1. The molecule has 0 spiro atoms. The molecule has 5 nitrogen and oxygen atoms in total. The van der Waals surface area contributed by atoms with E-state index < -0.39 is 0 Å². The van der Waals surface area contributed by atoms with Gasteiger partial charge in [-0.05, 0) is 55.0 Å². The quantitative estimate of drug-likeness (QED) is 0.652. The summed E-state index contributed by atoms with van der Waals surface area (Å²) in [7, 11) is 0. The van der Waals surface area contributed by atoms with E-state index in [4.69, 9.17) is 28.2 Å². The van der Waals surface area contributed by atoms with Crippen LogP contribution in [-0.4, -0.2) is 16.0 Å². The number of oxazole rings is 1. The van der Waals surface area contributed by atoms with Crippen LogP contribution in [0.5, 0.6) is 0 Å². The van der Waals surface area contributed by atoms with E-state index in [1.807, 2.05) is 31.2 Å². The van der Waals surface area contributed by atoms with Gasteiger partial charge in [0, 0.05) is 12.0 Å². The molecule has 0 aliphatic rings. The molecule has 7 heteroatoms. The molecular weight excluding hydrogens is 358 g/mol. The number of thiocarbonyl (C=S) groups is 1. The van der Waals surface area contributed by atoms with Gasteiger partial charge in [0.05, 0.1) is 10.7 Å². The molecule has 128 valence electrons. The maximum atomic E-state index is 11.4. The molecule has 0 fully saturated rings. The van der Waals surface area contributed by atoms with Crippen molar-refractivity contribution in [1.82, 2.24) is 10.3 Å². The van der Waals surface area contributed by atoms with Crippen LogP contribution in [0.1, 0.15) is 18.9 Å². The monoisotopic (exact) mass is 373 g/mol. The minimum atomic E-state index is -0.168. The van der Waals surface area contributed by atoms with Crippen LogP contribution in [-0.2, 0) is 4.79 Å². The van der Waals surface area contributed by atoms with Crippen molar-refractivity contribution in [2.75, 3.05) is 5.32 Å². The molecule has 2 aromatic carbocycles. The van der Waals surface area contributed by atoms with Crippen molar-refractivity contribution in [2.24, 2.45) is 0 Å². The highest BCUT2D eigenvalue weighted by atomic mass is 35.5. The number of hydrogen-bond donors (Lipinski definition) is 2. The lowest BCUT2D eigenvalue weighted by molar-refractivity contribution is -0.119. The molecule has 0 bridgehead atoms. The van der Waals surface area contributed by atoms with Gasteiger partial charge in [-0.25, -0.2) is 4.98 Å². The Morgan fingerprint density at radius 2 is 2.08 bits per heavy atom. The zero-order valence-corrected chi connectivity index (χ0v) is 15.3. The van der Waals surface area contributed by atoms with Crippen LogP contribution in [0.2, 0.25) is 5.02 Å². The summed E-state index contributed by atoms with van der Waals surface area (Å²) in [6.07, 6.45) is 0.345. The molecular formula is C18H16ClN3O2S. The lowest BCUT2D eigenvalue weighted by Crippen LogP contribution is -2.33. The lowest BCUT2D eigenvalue weighted by Gasteiger charge is -2.11. The first-order valence-electron chi connectivity index (χ1n) is 7.74. The summed E-state index contributed by atoms with van der Waals surface area (Å²) in [6.45, 7) is 3.75. The summed E-state index contributed by atoms with van der Waals surface area (Å²) in [6, 6.07) is 11.2. The first kappa shape index (κ1) is 17.4. The molecule has 0 aliphatic carbocycles. The number of anilines is 1. The molecule has 3 aromatic rings. The fourth-order valence-electron chi connectivity index (χ4n) is 2.28. The van der Waals surface area contributed by atoms with Gasteiger partial charge in [-0.1, -0.05) is 24.6 Å². The SMILES string of the molecule is CCC(=O)NC(=S)Nc1cc(-c2nc3cc(C)ccc3o2)ccc1Cl. The number of hydrogen-bond acceptors (Lipinski definition) is 4. The second-order valence-electron chi connectivity index (χ2n) is 5.54. The van der Waals surface area contributed by atoms with Crippen LogP contribution in [0.4, 0.5) is 5.69 Å². The minimum absolute atomic E-state index is 0.168. The molecule has 2 N–H and O–H groups in total. The number of benzene rings is 2. The molecule has 0 unspecified atom stereocenters. The van der Waals surface area contributed by atoms with Gasteiger partial charge in [0.25, 0.3) is 0 Å². The van der Waals surface area contributed by atoms with Crippen molar-refractivity contribution in [3.8, 4) is 11.5 Å². The van der Waals surface area contributed by atoms with Crippen LogP contribution >= 0.6 is 23.8 Å². The van der Waals surface area contributed by atoms with Crippen molar-refractivity contribution in [3.63, 3.8) is 0 Å². The van der Waals surface area contributed by atoms with E-state index in [1.165, 1.54) is 0 Å².